The van der Waals surface area contributed by atoms with E-state index in [2.05, 4.69) is 50.9 Å². The molecule has 98 valence electrons. The minimum atomic E-state index is 0.146. The van der Waals surface area contributed by atoms with Crippen LogP contribution in [0.5, 0.6) is 0 Å². The highest BCUT2D eigenvalue weighted by Crippen LogP contribution is 2.20. The van der Waals surface area contributed by atoms with Crippen molar-refractivity contribution in [1.82, 2.24) is 10.2 Å². The molecule has 0 radical (unpaired) electrons. The van der Waals surface area contributed by atoms with Gasteiger partial charge < -0.3 is 5.32 Å². The molecule has 0 fully saturated rings. The van der Waals surface area contributed by atoms with Crippen molar-refractivity contribution in [3.8, 4) is 0 Å². The molecule has 0 saturated carbocycles. The van der Waals surface area contributed by atoms with Gasteiger partial charge in [-0.3, -0.25) is 9.69 Å². The van der Waals surface area contributed by atoms with Gasteiger partial charge in [0.25, 0.3) is 0 Å². The lowest BCUT2D eigenvalue weighted by Gasteiger charge is -2.25. The average molecular weight is 238 g/mol. The van der Waals surface area contributed by atoms with Gasteiger partial charge >= 0.3 is 0 Å². The van der Waals surface area contributed by atoms with Crippen molar-refractivity contribution in [3.05, 3.63) is 11.6 Å². The summed E-state index contributed by atoms with van der Waals surface area (Å²) in [6.45, 7) is 12.1. The molecule has 2 unspecified atom stereocenters. The highest BCUT2D eigenvalue weighted by molar-refractivity contribution is 5.78. The summed E-state index contributed by atoms with van der Waals surface area (Å²) in [7, 11) is 0. The van der Waals surface area contributed by atoms with Crippen molar-refractivity contribution in [3.63, 3.8) is 0 Å². The van der Waals surface area contributed by atoms with E-state index in [1.165, 1.54) is 5.57 Å². The van der Waals surface area contributed by atoms with E-state index >= 15 is 0 Å². The number of amides is 1. The van der Waals surface area contributed by atoms with Gasteiger partial charge in [-0.05, 0) is 40.0 Å². The first kappa shape index (κ1) is 14.2. The van der Waals surface area contributed by atoms with Crippen molar-refractivity contribution in [1.29, 1.82) is 0 Å². The second-order valence-corrected chi connectivity index (χ2v) is 5.34. The van der Waals surface area contributed by atoms with Gasteiger partial charge in [0.05, 0.1) is 6.54 Å². The molecule has 1 heterocycles. The van der Waals surface area contributed by atoms with E-state index in [9.17, 15) is 4.79 Å². The molecule has 0 bridgehead atoms. The number of hydrogen-bond donors (Lipinski definition) is 1. The number of rotatable bonds is 2. The highest BCUT2D eigenvalue weighted by Gasteiger charge is 2.23. The molecule has 0 aromatic carbocycles. The number of carbonyl (C=O) groups is 1. The first-order valence-corrected chi connectivity index (χ1v) is 6.65. The van der Waals surface area contributed by atoms with Crippen molar-refractivity contribution < 1.29 is 4.79 Å². The second-order valence-electron chi connectivity index (χ2n) is 5.34. The zero-order valence-electron chi connectivity index (χ0n) is 11.8. The Morgan fingerprint density at radius 3 is 2.71 bits per heavy atom. The fraction of sp³-hybridized carbons (Fsp3) is 0.786. The highest BCUT2D eigenvalue weighted by atomic mass is 16.2. The van der Waals surface area contributed by atoms with Gasteiger partial charge in [-0.15, -0.1) is 0 Å². The summed E-state index contributed by atoms with van der Waals surface area (Å²) < 4.78 is 0. The Morgan fingerprint density at radius 1 is 1.53 bits per heavy atom. The van der Waals surface area contributed by atoms with Gasteiger partial charge in [0.1, 0.15) is 0 Å². The lowest BCUT2D eigenvalue weighted by atomic mass is 9.90. The van der Waals surface area contributed by atoms with E-state index in [1.807, 2.05) is 0 Å². The van der Waals surface area contributed by atoms with Crippen LogP contribution in [0.2, 0.25) is 0 Å². The fourth-order valence-corrected chi connectivity index (χ4v) is 2.53. The summed E-state index contributed by atoms with van der Waals surface area (Å²) in [6.07, 6.45) is 3.36. The topological polar surface area (TPSA) is 32.3 Å². The zero-order chi connectivity index (χ0) is 13.0. The third-order valence-electron chi connectivity index (χ3n) is 3.74. The van der Waals surface area contributed by atoms with Crippen LogP contribution in [-0.4, -0.2) is 36.0 Å². The van der Waals surface area contributed by atoms with Crippen LogP contribution in [-0.2, 0) is 4.79 Å². The van der Waals surface area contributed by atoms with Crippen molar-refractivity contribution >= 4 is 5.91 Å². The Kier molecular flexibility index (Phi) is 5.19. The van der Waals surface area contributed by atoms with Crippen LogP contribution in [0.1, 0.15) is 41.0 Å². The Bertz CT molecular complexity index is 297. The van der Waals surface area contributed by atoms with Gasteiger partial charge in [0.15, 0.2) is 0 Å². The molecule has 1 amide bonds. The summed E-state index contributed by atoms with van der Waals surface area (Å²) in [5.74, 6) is 0.610. The zero-order valence-corrected chi connectivity index (χ0v) is 11.8. The van der Waals surface area contributed by atoms with Crippen LogP contribution >= 0.6 is 0 Å². The van der Waals surface area contributed by atoms with Crippen LogP contribution in [0.3, 0.4) is 0 Å². The molecule has 0 aromatic rings. The maximum absolute atomic E-state index is 11.9. The Hall–Kier alpha value is -0.830. The molecule has 0 spiro atoms. The normalized spacial score (nSPS) is 31.2. The minimum absolute atomic E-state index is 0.146. The molecule has 3 heteroatoms. The predicted octanol–water partition coefficient (Wildman–Crippen LogP) is 2.19. The van der Waals surface area contributed by atoms with E-state index in [-0.39, 0.29) is 11.9 Å². The maximum atomic E-state index is 11.9. The smallest absolute Gasteiger partial charge is 0.234 e. The molecule has 1 aliphatic heterocycles. The predicted molar refractivity (Wildman–Crippen MR) is 71.9 cm³/mol. The van der Waals surface area contributed by atoms with E-state index in [0.29, 0.717) is 18.5 Å². The van der Waals surface area contributed by atoms with Crippen LogP contribution in [0.4, 0.5) is 0 Å². The Balaban J connectivity index is 2.88. The number of hydrogen-bond acceptors (Lipinski definition) is 2. The lowest BCUT2D eigenvalue weighted by molar-refractivity contribution is -0.123. The van der Waals surface area contributed by atoms with Crippen molar-refractivity contribution in [2.24, 2.45) is 5.92 Å². The first-order valence-electron chi connectivity index (χ1n) is 6.65. The third kappa shape index (κ3) is 3.84. The van der Waals surface area contributed by atoms with Crippen LogP contribution in [0, 0.1) is 5.92 Å². The lowest BCUT2D eigenvalue weighted by Crippen LogP contribution is -2.44. The molecular weight excluding hydrogens is 212 g/mol. The van der Waals surface area contributed by atoms with E-state index < -0.39 is 0 Å². The molecule has 0 saturated heterocycles. The molecule has 2 atom stereocenters. The molecule has 0 aliphatic carbocycles. The molecule has 17 heavy (non-hydrogen) atoms. The van der Waals surface area contributed by atoms with Crippen LogP contribution in [0.15, 0.2) is 11.6 Å². The van der Waals surface area contributed by atoms with Crippen LogP contribution in [0.25, 0.3) is 0 Å². The summed E-state index contributed by atoms with van der Waals surface area (Å²) in [4.78, 5) is 14.1. The number of nitrogens with zero attached hydrogens (tertiary/aromatic N) is 1. The second kappa shape index (κ2) is 6.20. The number of nitrogens with one attached hydrogen (secondary N) is 1. The summed E-state index contributed by atoms with van der Waals surface area (Å²) in [5, 5.41) is 3.12. The quantitative estimate of drug-likeness (QED) is 0.748. The third-order valence-corrected chi connectivity index (χ3v) is 3.74. The monoisotopic (exact) mass is 238 g/mol. The van der Waals surface area contributed by atoms with Gasteiger partial charge in [-0.2, -0.15) is 0 Å². The molecule has 0 aromatic heterocycles. The van der Waals surface area contributed by atoms with Crippen LogP contribution < -0.4 is 5.32 Å². The number of carbonyl (C=O) groups excluding carboxylic acids is 1. The molecule has 1 aliphatic rings. The summed E-state index contributed by atoms with van der Waals surface area (Å²) in [5.41, 5.74) is 1.40. The molecule has 1 N–H and O–H groups in total. The minimum Gasteiger partial charge on any atom is -0.352 e. The average Bonchev–Trinajstić information content (AvgIpc) is 2.28. The summed E-state index contributed by atoms with van der Waals surface area (Å²) >= 11 is 0. The van der Waals surface area contributed by atoms with E-state index in [1.54, 1.807) is 0 Å². The van der Waals surface area contributed by atoms with E-state index in [0.717, 1.165) is 13.0 Å². The fourth-order valence-electron chi connectivity index (χ4n) is 2.53. The largest absolute Gasteiger partial charge is 0.352 e. The van der Waals surface area contributed by atoms with Crippen molar-refractivity contribution in [2.75, 3.05) is 13.1 Å². The molecule has 3 nitrogen and oxygen atoms in total. The van der Waals surface area contributed by atoms with Gasteiger partial charge in [0.2, 0.25) is 5.91 Å². The summed E-state index contributed by atoms with van der Waals surface area (Å²) in [6, 6.07) is 0.633. The Labute approximate surface area is 105 Å². The standard InChI is InChI=1S/C14H26N2O/c1-6-13-11(4)7-8-16(10(2)3)9-14(17)15-12(13)5/h7,10,12-13H,6,8-9H2,1-5H3,(H,15,17)/b11-7-. The maximum Gasteiger partial charge on any atom is 0.234 e. The van der Waals surface area contributed by atoms with Gasteiger partial charge in [0, 0.05) is 18.6 Å². The van der Waals surface area contributed by atoms with Crippen molar-refractivity contribution in [2.45, 2.75) is 53.1 Å². The molecular formula is C14H26N2O. The first-order chi connectivity index (χ1) is 7.95. The van der Waals surface area contributed by atoms with Gasteiger partial charge in [-0.25, -0.2) is 0 Å². The Morgan fingerprint density at radius 2 is 2.18 bits per heavy atom. The van der Waals surface area contributed by atoms with E-state index in [4.69, 9.17) is 0 Å². The van der Waals surface area contributed by atoms with Gasteiger partial charge in [-0.1, -0.05) is 18.6 Å². The SMILES string of the molecule is CCC1/C(C)=C\CN(C(C)C)CC(=O)NC1C. The molecule has 1 rings (SSSR count).